The van der Waals surface area contributed by atoms with E-state index >= 15 is 0 Å². The molecule has 0 amide bonds. The zero-order chi connectivity index (χ0) is 26.2. The fourth-order valence-corrected chi connectivity index (χ4v) is 3.44. The number of anilines is 1. The van der Waals surface area contributed by atoms with Crippen LogP contribution in [0.1, 0.15) is 16.7 Å². The average molecular weight is 520 g/mol. The molecular weight excluding hydrogens is 493 g/mol. The van der Waals surface area contributed by atoms with E-state index in [4.69, 9.17) is 10.5 Å². The van der Waals surface area contributed by atoms with E-state index in [-0.39, 0.29) is 29.6 Å². The maximum absolute atomic E-state index is 10.4. The second-order valence-electron chi connectivity index (χ2n) is 7.57. The van der Waals surface area contributed by atoms with Crippen LogP contribution in [0.15, 0.2) is 77.8 Å². The molecule has 0 radical (unpaired) electrons. The Morgan fingerprint density at radius 2 is 1.58 bits per heavy atom. The number of nitrogens with zero attached hydrogens (tertiary/aromatic N) is 2. The summed E-state index contributed by atoms with van der Waals surface area (Å²) in [7, 11) is -2.97. The van der Waals surface area contributed by atoms with Crippen LogP contribution in [0.3, 0.4) is 0 Å². The number of nitrogen functional groups attached to an aromatic ring is 1. The first kappa shape index (κ1) is 31.0. The number of methoxy groups -OCH3 is 1. The number of hydrogen-bond acceptors (Lipinski definition) is 8. The number of pyridine rings is 1. The maximum Gasteiger partial charge on any atom is 1.00 e. The topological polar surface area (TPSA) is 148 Å². The summed E-state index contributed by atoms with van der Waals surface area (Å²) in [4.78, 5) is 13.1. The molecule has 0 bridgehead atoms. The largest absolute Gasteiger partial charge is 1.00 e. The SMILES string of the molecule is COc1cc(N)ccc1C.Cc1cc2cccnc2cc1C.O=[N+]([O-])c1cccc(S(=O)(=O)[O-])c1.[Na+]. The van der Waals surface area contributed by atoms with E-state index in [2.05, 4.69) is 37.0 Å². The van der Waals surface area contributed by atoms with Gasteiger partial charge < -0.3 is 15.0 Å². The Morgan fingerprint density at radius 1 is 0.917 bits per heavy atom. The van der Waals surface area contributed by atoms with Crippen LogP contribution in [0.4, 0.5) is 11.4 Å². The molecule has 0 unspecified atom stereocenters. The summed E-state index contributed by atoms with van der Waals surface area (Å²) >= 11 is 0. The van der Waals surface area contributed by atoms with Crippen molar-refractivity contribution < 1.29 is 52.2 Å². The molecule has 0 aliphatic heterocycles. The molecular formula is C25H26N3NaO6S. The molecule has 184 valence electrons. The fourth-order valence-electron chi connectivity index (χ4n) is 2.93. The summed E-state index contributed by atoms with van der Waals surface area (Å²) in [5.41, 5.74) is 10.7. The Hall–Kier alpha value is -3.02. The van der Waals surface area contributed by atoms with Crippen LogP contribution < -0.4 is 40.0 Å². The number of aromatic nitrogens is 1. The Kier molecular flexibility index (Phi) is 12.0. The van der Waals surface area contributed by atoms with Crippen LogP contribution in [-0.2, 0) is 10.1 Å². The fraction of sp³-hybridized carbons (Fsp3) is 0.160. The Balaban J connectivity index is 0.000000268. The van der Waals surface area contributed by atoms with Crippen molar-refractivity contribution in [1.29, 1.82) is 0 Å². The van der Waals surface area contributed by atoms with Gasteiger partial charge in [0.1, 0.15) is 15.9 Å². The van der Waals surface area contributed by atoms with Crippen molar-refractivity contribution in [2.45, 2.75) is 25.7 Å². The second-order valence-corrected chi connectivity index (χ2v) is 8.95. The minimum Gasteiger partial charge on any atom is -0.744 e. The third-order valence-corrected chi connectivity index (χ3v) is 5.80. The number of fused-ring (bicyclic) bond motifs is 1. The van der Waals surface area contributed by atoms with Crippen LogP contribution in [0.5, 0.6) is 5.75 Å². The third-order valence-electron chi connectivity index (χ3n) is 4.97. The van der Waals surface area contributed by atoms with Crippen LogP contribution in [0, 0.1) is 30.9 Å². The summed E-state index contributed by atoms with van der Waals surface area (Å²) in [5.74, 6) is 0.847. The summed E-state index contributed by atoms with van der Waals surface area (Å²) in [6.45, 7) is 6.23. The first-order valence-electron chi connectivity index (χ1n) is 10.3. The molecule has 0 fully saturated rings. The van der Waals surface area contributed by atoms with Gasteiger partial charge in [-0.05, 0) is 67.8 Å². The average Bonchev–Trinajstić information content (AvgIpc) is 2.82. The van der Waals surface area contributed by atoms with Crippen molar-refractivity contribution in [2.75, 3.05) is 12.8 Å². The smallest absolute Gasteiger partial charge is 0.744 e. The van der Waals surface area contributed by atoms with E-state index in [9.17, 15) is 23.1 Å². The third kappa shape index (κ3) is 9.21. The number of rotatable bonds is 3. The molecule has 4 rings (SSSR count). The summed E-state index contributed by atoms with van der Waals surface area (Å²) in [6.07, 6.45) is 1.83. The van der Waals surface area contributed by atoms with E-state index < -0.39 is 25.6 Å². The van der Waals surface area contributed by atoms with E-state index in [1.54, 1.807) is 7.11 Å². The van der Waals surface area contributed by atoms with Crippen molar-refractivity contribution in [3.63, 3.8) is 0 Å². The van der Waals surface area contributed by atoms with Gasteiger partial charge >= 0.3 is 29.6 Å². The van der Waals surface area contributed by atoms with Crippen molar-refractivity contribution in [3.05, 3.63) is 99.7 Å². The van der Waals surface area contributed by atoms with Crippen molar-refractivity contribution in [2.24, 2.45) is 0 Å². The minimum atomic E-state index is -4.61. The number of aryl methyl sites for hydroxylation is 3. The minimum absolute atomic E-state index is 0. The van der Waals surface area contributed by atoms with Gasteiger partial charge in [-0.25, -0.2) is 8.42 Å². The van der Waals surface area contributed by atoms with Gasteiger partial charge in [-0.1, -0.05) is 18.2 Å². The number of nitrogens with two attached hydrogens (primary N) is 1. The zero-order valence-corrected chi connectivity index (χ0v) is 23.6. The summed E-state index contributed by atoms with van der Waals surface area (Å²) in [6, 6.07) is 18.0. The molecule has 0 aliphatic carbocycles. The van der Waals surface area contributed by atoms with Crippen LogP contribution in [0.25, 0.3) is 10.9 Å². The molecule has 9 nitrogen and oxygen atoms in total. The predicted octanol–water partition coefficient (Wildman–Crippen LogP) is 1.94. The molecule has 1 heterocycles. The Morgan fingerprint density at radius 3 is 2.17 bits per heavy atom. The van der Waals surface area contributed by atoms with Crippen molar-refractivity contribution in [1.82, 2.24) is 4.98 Å². The molecule has 11 heteroatoms. The van der Waals surface area contributed by atoms with Crippen LogP contribution in [-0.4, -0.2) is 30.0 Å². The van der Waals surface area contributed by atoms with Gasteiger partial charge in [-0.15, -0.1) is 0 Å². The van der Waals surface area contributed by atoms with Gasteiger partial charge in [0.15, 0.2) is 0 Å². The Bertz CT molecular complexity index is 1400. The van der Waals surface area contributed by atoms with Crippen molar-refractivity contribution in [3.8, 4) is 5.75 Å². The number of benzene rings is 3. The van der Waals surface area contributed by atoms with Gasteiger partial charge in [0.25, 0.3) is 5.69 Å². The quantitative estimate of drug-likeness (QED) is 0.142. The van der Waals surface area contributed by atoms with E-state index in [1.165, 1.54) is 16.5 Å². The Labute approximate surface area is 232 Å². The number of nitro groups is 1. The van der Waals surface area contributed by atoms with Gasteiger partial charge in [0.2, 0.25) is 0 Å². The molecule has 3 aromatic carbocycles. The molecule has 36 heavy (non-hydrogen) atoms. The molecule has 0 atom stereocenters. The molecule has 2 N–H and O–H groups in total. The monoisotopic (exact) mass is 519 g/mol. The van der Waals surface area contributed by atoms with Crippen LogP contribution >= 0.6 is 0 Å². The standard InChI is InChI=1S/C11H11N.C8H11NO.C6H5NO5S.Na/c1-8-6-10-4-3-5-12-11(10)7-9(8)2;1-6-3-4-7(9)5-8(6)10-2;8-7(9)5-2-1-3-6(4-5)13(10,11)12;/h3-7H,1-2H3;3-5H,9H2,1-2H3;1-4H,(H,10,11,12);/q;;;+1/p-1. The van der Waals surface area contributed by atoms with E-state index in [1.807, 2.05) is 37.4 Å². The molecule has 4 aromatic rings. The molecule has 0 spiro atoms. The number of nitro benzene ring substituents is 1. The van der Waals surface area contributed by atoms with Gasteiger partial charge in [-0.3, -0.25) is 15.1 Å². The predicted molar refractivity (Wildman–Crippen MR) is 134 cm³/mol. The van der Waals surface area contributed by atoms with Crippen molar-refractivity contribution >= 4 is 32.4 Å². The maximum atomic E-state index is 10.4. The van der Waals surface area contributed by atoms with Gasteiger partial charge in [-0.2, -0.15) is 0 Å². The first-order chi connectivity index (χ1) is 16.4. The van der Waals surface area contributed by atoms with Gasteiger partial charge in [0.05, 0.1) is 22.4 Å². The number of non-ortho nitro benzene ring substituents is 1. The van der Waals surface area contributed by atoms with Gasteiger partial charge in [0, 0.05) is 35.5 Å². The number of ether oxygens (including phenoxy) is 1. The van der Waals surface area contributed by atoms with Crippen LogP contribution in [0.2, 0.25) is 0 Å². The molecule has 0 saturated heterocycles. The second kappa shape index (κ2) is 13.9. The molecule has 0 saturated carbocycles. The summed E-state index contributed by atoms with van der Waals surface area (Å²) in [5, 5.41) is 11.4. The zero-order valence-electron chi connectivity index (χ0n) is 20.8. The number of hydrogen-bond donors (Lipinski definition) is 1. The van der Waals surface area contributed by atoms with E-state index in [0.717, 1.165) is 46.8 Å². The normalized spacial score (nSPS) is 10.1. The molecule has 1 aromatic heterocycles. The van der Waals surface area contributed by atoms with E-state index in [0.29, 0.717) is 0 Å². The first-order valence-corrected chi connectivity index (χ1v) is 11.8. The summed E-state index contributed by atoms with van der Waals surface area (Å²) < 4.78 is 36.3. The molecule has 0 aliphatic rings.